The van der Waals surface area contributed by atoms with Gasteiger partial charge in [-0.1, -0.05) is 24.3 Å². The van der Waals surface area contributed by atoms with Gasteiger partial charge in [-0.3, -0.25) is 9.79 Å². The molecule has 6 nitrogen and oxygen atoms in total. The van der Waals surface area contributed by atoms with Crippen LogP contribution in [-0.4, -0.2) is 44.0 Å². The molecule has 0 aliphatic carbocycles. The van der Waals surface area contributed by atoms with E-state index in [4.69, 9.17) is 4.74 Å². The van der Waals surface area contributed by atoms with Gasteiger partial charge in [0.1, 0.15) is 5.75 Å². The molecule has 2 aromatic carbocycles. The number of nitrogens with one attached hydrogen (secondary N) is 2. The molecule has 0 unspecified atom stereocenters. The van der Waals surface area contributed by atoms with Crippen molar-refractivity contribution in [3.63, 3.8) is 0 Å². The van der Waals surface area contributed by atoms with Crippen LogP contribution in [0.2, 0.25) is 0 Å². The van der Waals surface area contributed by atoms with Crippen LogP contribution in [0.3, 0.4) is 0 Å². The maximum absolute atomic E-state index is 11.8. The zero-order valence-electron chi connectivity index (χ0n) is 17.2. The van der Waals surface area contributed by atoms with Crippen molar-refractivity contribution >= 4 is 11.9 Å². The van der Waals surface area contributed by atoms with E-state index in [9.17, 15) is 4.79 Å². The molecule has 0 aromatic heterocycles. The Labute approximate surface area is 167 Å². The minimum Gasteiger partial charge on any atom is -0.494 e. The molecule has 0 fully saturated rings. The number of rotatable bonds is 8. The molecule has 0 heterocycles. The first kappa shape index (κ1) is 21.3. The number of nitrogens with zero attached hydrogens (tertiary/aromatic N) is 2. The van der Waals surface area contributed by atoms with Crippen LogP contribution in [0.4, 0.5) is 0 Å². The van der Waals surface area contributed by atoms with E-state index in [1.807, 2.05) is 57.3 Å². The summed E-state index contributed by atoms with van der Waals surface area (Å²) < 4.78 is 5.48. The summed E-state index contributed by atoms with van der Waals surface area (Å²) >= 11 is 0. The van der Waals surface area contributed by atoms with Crippen molar-refractivity contribution in [3.8, 4) is 5.75 Å². The fourth-order valence-electron chi connectivity index (χ4n) is 2.81. The average Bonchev–Trinajstić information content (AvgIpc) is 2.71. The van der Waals surface area contributed by atoms with Crippen molar-refractivity contribution in [3.05, 3.63) is 65.2 Å². The predicted molar refractivity (Wildman–Crippen MR) is 114 cm³/mol. The third-order valence-electron chi connectivity index (χ3n) is 4.23. The molecule has 2 aromatic rings. The second-order valence-corrected chi connectivity index (χ2v) is 6.39. The van der Waals surface area contributed by atoms with Crippen LogP contribution in [0.1, 0.15) is 35.3 Å². The van der Waals surface area contributed by atoms with Crippen molar-refractivity contribution in [1.82, 2.24) is 15.5 Å². The Morgan fingerprint density at radius 2 is 1.64 bits per heavy atom. The van der Waals surface area contributed by atoms with Crippen LogP contribution in [0, 0.1) is 0 Å². The number of benzene rings is 2. The van der Waals surface area contributed by atoms with Crippen LogP contribution in [-0.2, 0) is 13.1 Å². The Hall–Kier alpha value is -3.02. The van der Waals surface area contributed by atoms with Gasteiger partial charge in [-0.05, 0) is 49.2 Å². The zero-order valence-corrected chi connectivity index (χ0v) is 17.2. The minimum atomic E-state index is -0.0482. The molecule has 0 aliphatic rings. The van der Waals surface area contributed by atoms with E-state index in [0.29, 0.717) is 25.3 Å². The third-order valence-corrected chi connectivity index (χ3v) is 4.23. The SMILES string of the molecule is CCNC(=O)c1ccc(CNC(=NC)N(C)Cc2ccc(OCC)cc2)cc1. The molecule has 0 aliphatic heterocycles. The highest BCUT2D eigenvalue weighted by Crippen LogP contribution is 2.13. The highest BCUT2D eigenvalue weighted by atomic mass is 16.5. The van der Waals surface area contributed by atoms with E-state index in [2.05, 4.69) is 32.7 Å². The summed E-state index contributed by atoms with van der Waals surface area (Å²) in [4.78, 5) is 18.3. The van der Waals surface area contributed by atoms with E-state index in [0.717, 1.165) is 23.8 Å². The number of aliphatic imine (C=N–C) groups is 1. The number of carbonyl (C=O) groups excluding carboxylic acids is 1. The van der Waals surface area contributed by atoms with Gasteiger partial charge in [0.2, 0.25) is 0 Å². The topological polar surface area (TPSA) is 66.0 Å². The molecule has 0 radical (unpaired) electrons. The monoisotopic (exact) mass is 382 g/mol. The predicted octanol–water partition coefficient (Wildman–Crippen LogP) is 3.04. The first-order valence-electron chi connectivity index (χ1n) is 9.58. The Kier molecular flexibility index (Phi) is 8.34. The Balaban J connectivity index is 1.90. The Morgan fingerprint density at radius 3 is 2.21 bits per heavy atom. The molecule has 6 heteroatoms. The van der Waals surface area contributed by atoms with Crippen LogP contribution in [0.25, 0.3) is 0 Å². The summed E-state index contributed by atoms with van der Waals surface area (Å²) in [5.41, 5.74) is 2.94. The van der Waals surface area contributed by atoms with Gasteiger partial charge in [0.05, 0.1) is 6.61 Å². The summed E-state index contributed by atoms with van der Waals surface area (Å²) in [7, 11) is 3.78. The number of ether oxygens (including phenoxy) is 1. The lowest BCUT2D eigenvalue weighted by Gasteiger charge is -2.22. The molecule has 2 N–H and O–H groups in total. The number of carbonyl (C=O) groups is 1. The highest BCUT2D eigenvalue weighted by Gasteiger charge is 2.08. The molecule has 0 atom stereocenters. The smallest absolute Gasteiger partial charge is 0.251 e. The van der Waals surface area contributed by atoms with Crippen molar-refractivity contribution in [2.24, 2.45) is 4.99 Å². The van der Waals surface area contributed by atoms with Gasteiger partial charge in [-0.25, -0.2) is 0 Å². The molecule has 0 bridgehead atoms. The van der Waals surface area contributed by atoms with E-state index >= 15 is 0 Å². The van der Waals surface area contributed by atoms with Crippen molar-refractivity contribution in [2.45, 2.75) is 26.9 Å². The van der Waals surface area contributed by atoms with Crippen molar-refractivity contribution in [1.29, 1.82) is 0 Å². The Bertz CT molecular complexity index is 770. The standard InChI is InChI=1S/C22H30N4O2/c1-5-24-21(27)19-11-7-17(8-12-19)15-25-22(23-3)26(4)16-18-9-13-20(14-10-18)28-6-2/h7-14H,5-6,15-16H2,1-4H3,(H,23,25)(H,24,27). The first-order valence-corrected chi connectivity index (χ1v) is 9.58. The number of hydrogen-bond donors (Lipinski definition) is 2. The number of guanidine groups is 1. The van der Waals surface area contributed by atoms with Crippen molar-refractivity contribution in [2.75, 3.05) is 27.2 Å². The third kappa shape index (κ3) is 6.30. The highest BCUT2D eigenvalue weighted by molar-refractivity contribution is 5.94. The van der Waals surface area contributed by atoms with Crippen LogP contribution >= 0.6 is 0 Å². The summed E-state index contributed by atoms with van der Waals surface area (Å²) in [6.07, 6.45) is 0. The second-order valence-electron chi connectivity index (χ2n) is 6.39. The number of amides is 1. The second kappa shape index (κ2) is 11.0. The lowest BCUT2D eigenvalue weighted by molar-refractivity contribution is 0.0956. The van der Waals surface area contributed by atoms with Crippen LogP contribution in [0.5, 0.6) is 5.75 Å². The zero-order chi connectivity index (χ0) is 20.4. The largest absolute Gasteiger partial charge is 0.494 e. The van der Waals surface area contributed by atoms with Gasteiger partial charge in [0.25, 0.3) is 5.91 Å². The molecule has 150 valence electrons. The maximum Gasteiger partial charge on any atom is 0.251 e. The summed E-state index contributed by atoms with van der Waals surface area (Å²) in [5, 5.41) is 6.16. The average molecular weight is 383 g/mol. The fourth-order valence-corrected chi connectivity index (χ4v) is 2.81. The van der Waals surface area contributed by atoms with Crippen LogP contribution in [0.15, 0.2) is 53.5 Å². The molecular weight excluding hydrogens is 352 g/mol. The molecular formula is C22H30N4O2. The lowest BCUT2D eigenvalue weighted by Crippen LogP contribution is -2.38. The van der Waals surface area contributed by atoms with Gasteiger partial charge >= 0.3 is 0 Å². The van der Waals surface area contributed by atoms with Gasteiger partial charge in [-0.15, -0.1) is 0 Å². The molecule has 1 amide bonds. The van der Waals surface area contributed by atoms with E-state index in [1.54, 1.807) is 7.05 Å². The molecule has 0 spiro atoms. The maximum atomic E-state index is 11.8. The summed E-state index contributed by atoms with van der Waals surface area (Å²) in [6, 6.07) is 15.7. The quantitative estimate of drug-likeness (QED) is 0.544. The molecule has 0 saturated carbocycles. The summed E-state index contributed by atoms with van der Waals surface area (Å²) in [6.45, 7) is 6.55. The van der Waals surface area contributed by atoms with Gasteiger partial charge < -0.3 is 20.3 Å². The van der Waals surface area contributed by atoms with Gasteiger partial charge in [-0.2, -0.15) is 0 Å². The first-order chi connectivity index (χ1) is 13.6. The number of hydrogen-bond acceptors (Lipinski definition) is 3. The molecule has 0 saturated heterocycles. The van der Waals surface area contributed by atoms with Crippen molar-refractivity contribution < 1.29 is 9.53 Å². The van der Waals surface area contributed by atoms with E-state index in [1.165, 1.54) is 5.56 Å². The lowest BCUT2D eigenvalue weighted by atomic mass is 10.1. The fraction of sp³-hybridized carbons (Fsp3) is 0.364. The summed E-state index contributed by atoms with van der Waals surface area (Å²) in [5.74, 6) is 1.64. The van der Waals surface area contributed by atoms with E-state index in [-0.39, 0.29) is 5.91 Å². The van der Waals surface area contributed by atoms with Crippen LogP contribution < -0.4 is 15.4 Å². The van der Waals surface area contributed by atoms with Gasteiger partial charge in [0.15, 0.2) is 5.96 Å². The van der Waals surface area contributed by atoms with Gasteiger partial charge in [0, 0.05) is 39.3 Å². The Morgan fingerprint density at radius 1 is 1.00 bits per heavy atom. The minimum absolute atomic E-state index is 0.0482. The normalized spacial score (nSPS) is 11.1. The van der Waals surface area contributed by atoms with E-state index < -0.39 is 0 Å². The molecule has 28 heavy (non-hydrogen) atoms. The molecule has 2 rings (SSSR count).